The Balaban J connectivity index is 3.55. The summed E-state index contributed by atoms with van der Waals surface area (Å²) in [5.74, 6) is -4.22. The van der Waals surface area contributed by atoms with Crippen molar-refractivity contribution >= 4 is 11.6 Å². The Morgan fingerprint density at radius 3 is 1.71 bits per heavy atom. The number of benzene rings is 1. The highest BCUT2D eigenvalue weighted by molar-refractivity contribution is 6.31. The van der Waals surface area contributed by atoms with E-state index in [2.05, 4.69) is 0 Å². The van der Waals surface area contributed by atoms with Crippen molar-refractivity contribution in [3.05, 3.63) is 33.6 Å². The van der Waals surface area contributed by atoms with Gasteiger partial charge in [0.05, 0.1) is 23.8 Å². The highest BCUT2D eigenvalue weighted by Crippen LogP contribution is 2.29. The number of aliphatic hydroxyl groups excluding tert-OH is 2. The third-order valence-electron chi connectivity index (χ3n) is 1.76. The second kappa shape index (κ2) is 4.16. The molecule has 2 N–H and O–H groups in total. The van der Waals surface area contributed by atoms with Crippen LogP contribution in [0.5, 0.6) is 0 Å². The lowest BCUT2D eigenvalue weighted by Crippen LogP contribution is -2.05. The van der Waals surface area contributed by atoms with E-state index >= 15 is 0 Å². The Morgan fingerprint density at radius 2 is 1.29 bits per heavy atom. The molecule has 0 unspecified atom stereocenters. The van der Waals surface area contributed by atoms with E-state index in [1.165, 1.54) is 0 Å². The molecule has 78 valence electrons. The molecule has 6 heteroatoms. The van der Waals surface area contributed by atoms with Crippen LogP contribution in [-0.2, 0) is 13.2 Å². The number of rotatable bonds is 2. The summed E-state index contributed by atoms with van der Waals surface area (Å²) in [6.07, 6.45) is 0. The molecule has 0 aliphatic carbocycles. The molecule has 0 bridgehead atoms. The molecule has 0 spiro atoms. The fourth-order valence-electron chi connectivity index (χ4n) is 1.00. The van der Waals surface area contributed by atoms with Gasteiger partial charge in [-0.05, 0) is 0 Å². The maximum Gasteiger partial charge on any atom is 0.167 e. The lowest BCUT2D eigenvalue weighted by atomic mass is 10.1. The van der Waals surface area contributed by atoms with Crippen LogP contribution in [0.3, 0.4) is 0 Å². The van der Waals surface area contributed by atoms with Gasteiger partial charge in [0.1, 0.15) is 0 Å². The summed E-state index contributed by atoms with van der Waals surface area (Å²) in [6, 6.07) is 0. The topological polar surface area (TPSA) is 40.5 Å². The maximum atomic E-state index is 13.1. The first-order valence-corrected chi connectivity index (χ1v) is 3.97. The zero-order valence-electron chi connectivity index (χ0n) is 6.82. The summed E-state index contributed by atoms with van der Waals surface area (Å²) in [5.41, 5.74) is -1.50. The molecular formula is C8H6ClF3O2. The molecular weight excluding hydrogens is 221 g/mol. The molecule has 1 aromatic carbocycles. The van der Waals surface area contributed by atoms with Gasteiger partial charge >= 0.3 is 0 Å². The molecule has 0 amide bonds. The highest BCUT2D eigenvalue weighted by atomic mass is 35.5. The molecule has 0 fully saturated rings. The molecule has 0 aliphatic heterocycles. The van der Waals surface area contributed by atoms with E-state index in [1.54, 1.807) is 0 Å². The minimum atomic E-state index is -1.53. The van der Waals surface area contributed by atoms with E-state index in [-0.39, 0.29) is 0 Å². The van der Waals surface area contributed by atoms with Crippen molar-refractivity contribution < 1.29 is 23.4 Å². The minimum absolute atomic E-state index is 0.654. The van der Waals surface area contributed by atoms with Crippen LogP contribution >= 0.6 is 11.6 Å². The SMILES string of the molecule is OCc1c(F)c(F)c(CO)c(Cl)c1F. The van der Waals surface area contributed by atoms with E-state index in [9.17, 15) is 13.2 Å². The van der Waals surface area contributed by atoms with Gasteiger partial charge in [0.25, 0.3) is 0 Å². The van der Waals surface area contributed by atoms with Crippen LogP contribution in [-0.4, -0.2) is 10.2 Å². The van der Waals surface area contributed by atoms with Gasteiger partial charge in [-0.3, -0.25) is 0 Å². The summed E-state index contributed by atoms with van der Waals surface area (Å²) < 4.78 is 39.0. The molecule has 2 nitrogen and oxygen atoms in total. The van der Waals surface area contributed by atoms with Gasteiger partial charge in [0.15, 0.2) is 17.5 Å². The van der Waals surface area contributed by atoms with Crippen LogP contribution in [0, 0.1) is 17.5 Å². The smallest absolute Gasteiger partial charge is 0.167 e. The summed E-state index contributed by atoms with van der Waals surface area (Å²) in [6.45, 7) is -1.91. The maximum absolute atomic E-state index is 13.1. The first-order valence-electron chi connectivity index (χ1n) is 3.60. The largest absolute Gasteiger partial charge is 0.392 e. The van der Waals surface area contributed by atoms with E-state index in [0.717, 1.165) is 0 Å². The van der Waals surface area contributed by atoms with Crippen LogP contribution in [0.4, 0.5) is 13.2 Å². The van der Waals surface area contributed by atoms with Gasteiger partial charge in [-0.2, -0.15) is 0 Å². The van der Waals surface area contributed by atoms with Crippen LogP contribution < -0.4 is 0 Å². The average molecular weight is 227 g/mol. The van der Waals surface area contributed by atoms with Gasteiger partial charge in [-0.25, -0.2) is 13.2 Å². The van der Waals surface area contributed by atoms with E-state index in [1.807, 2.05) is 0 Å². The molecule has 0 radical (unpaired) electrons. The number of hydrogen-bond acceptors (Lipinski definition) is 2. The van der Waals surface area contributed by atoms with Gasteiger partial charge in [0, 0.05) is 5.56 Å². The molecule has 0 aliphatic rings. The van der Waals surface area contributed by atoms with Crippen LogP contribution in [0.25, 0.3) is 0 Å². The van der Waals surface area contributed by atoms with Crippen molar-refractivity contribution in [2.75, 3.05) is 0 Å². The molecule has 0 saturated carbocycles. The summed E-state index contributed by atoms with van der Waals surface area (Å²) >= 11 is 5.30. The third kappa shape index (κ3) is 1.58. The monoisotopic (exact) mass is 226 g/mol. The van der Waals surface area contributed by atoms with Crippen molar-refractivity contribution in [2.45, 2.75) is 13.2 Å². The van der Waals surface area contributed by atoms with Crippen molar-refractivity contribution in [1.29, 1.82) is 0 Å². The van der Waals surface area contributed by atoms with E-state index < -0.39 is 46.8 Å². The predicted molar refractivity (Wildman–Crippen MR) is 43.2 cm³/mol. The van der Waals surface area contributed by atoms with Gasteiger partial charge in [0.2, 0.25) is 0 Å². The molecule has 0 aromatic heterocycles. The second-order valence-corrected chi connectivity index (χ2v) is 2.91. The first kappa shape index (κ1) is 11.3. The zero-order valence-corrected chi connectivity index (χ0v) is 7.58. The standard InChI is InChI=1S/C8H6ClF3O2/c9-5-3(1-13)7(11)8(12)4(2-14)6(5)10/h13-14H,1-2H2. The van der Waals surface area contributed by atoms with Crippen LogP contribution in [0.2, 0.25) is 5.02 Å². The Hall–Kier alpha value is -0.780. The Kier molecular flexibility index (Phi) is 3.36. The quantitative estimate of drug-likeness (QED) is 0.755. The lowest BCUT2D eigenvalue weighted by molar-refractivity contribution is 0.257. The molecule has 0 atom stereocenters. The summed E-state index contributed by atoms with van der Waals surface area (Å²) in [7, 11) is 0. The fourth-order valence-corrected chi connectivity index (χ4v) is 1.26. The fraction of sp³-hybridized carbons (Fsp3) is 0.250. The molecule has 0 heterocycles. The molecule has 1 rings (SSSR count). The van der Waals surface area contributed by atoms with Crippen molar-refractivity contribution in [2.24, 2.45) is 0 Å². The van der Waals surface area contributed by atoms with Crippen molar-refractivity contribution in [3.8, 4) is 0 Å². The summed E-state index contributed by atoms with van der Waals surface area (Å²) in [4.78, 5) is 0. The normalized spacial score (nSPS) is 10.7. The first-order chi connectivity index (χ1) is 6.54. The second-order valence-electron chi connectivity index (χ2n) is 2.53. The molecule has 0 saturated heterocycles. The van der Waals surface area contributed by atoms with Gasteiger partial charge < -0.3 is 10.2 Å². The Bertz CT molecular complexity index is 304. The van der Waals surface area contributed by atoms with Gasteiger partial charge in [-0.15, -0.1) is 0 Å². The highest BCUT2D eigenvalue weighted by Gasteiger charge is 2.22. The lowest BCUT2D eigenvalue weighted by Gasteiger charge is -2.09. The number of hydrogen-bond donors (Lipinski definition) is 2. The number of aliphatic hydroxyl groups is 2. The van der Waals surface area contributed by atoms with Gasteiger partial charge in [-0.1, -0.05) is 11.6 Å². The molecule has 1 aromatic rings. The van der Waals surface area contributed by atoms with E-state index in [4.69, 9.17) is 21.8 Å². The van der Waals surface area contributed by atoms with Crippen LogP contribution in [0.15, 0.2) is 0 Å². The Morgan fingerprint density at radius 1 is 0.857 bits per heavy atom. The Labute approximate surface area is 82.5 Å². The number of halogens is 4. The zero-order chi connectivity index (χ0) is 10.9. The third-order valence-corrected chi connectivity index (χ3v) is 2.16. The van der Waals surface area contributed by atoms with Crippen molar-refractivity contribution in [1.82, 2.24) is 0 Å². The predicted octanol–water partition coefficient (Wildman–Crippen LogP) is 1.74. The van der Waals surface area contributed by atoms with Crippen molar-refractivity contribution in [3.63, 3.8) is 0 Å². The summed E-state index contributed by atoms with van der Waals surface area (Å²) in [5, 5.41) is 16.4. The minimum Gasteiger partial charge on any atom is -0.392 e. The van der Waals surface area contributed by atoms with E-state index in [0.29, 0.717) is 0 Å². The van der Waals surface area contributed by atoms with Crippen LogP contribution in [0.1, 0.15) is 11.1 Å². The average Bonchev–Trinajstić information content (AvgIpc) is 2.17. The molecule has 14 heavy (non-hydrogen) atoms.